The first-order valence-corrected chi connectivity index (χ1v) is 10.9. The number of hydrogen-bond donors (Lipinski definition) is 2. The Hall–Kier alpha value is -3.10. The molecule has 2 N–H and O–H groups in total. The number of likely N-dealkylation sites (tertiary alicyclic amines) is 1. The summed E-state index contributed by atoms with van der Waals surface area (Å²) in [5.41, 5.74) is 0.0206. The fourth-order valence-corrected chi connectivity index (χ4v) is 4.07. The van der Waals surface area contributed by atoms with E-state index in [0.29, 0.717) is 17.8 Å². The van der Waals surface area contributed by atoms with E-state index >= 15 is 0 Å². The molecule has 1 aliphatic heterocycles. The van der Waals surface area contributed by atoms with Crippen molar-refractivity contribution in [2.24, 2.45) is 5.92 Å². The molecule has 0 unspecified atom stereocenters. The van der Waals surface area contributed by atoms with Crippen molar-refractivity contribution < 1.29 is 14.7 Å². The molecule has 166 valence electrons. The minimum absolute atomic E-state index is 0.0515. The highest BCUT2D eigenvalue weighted by atomic mass is 16.3. The Morgan fingerprint density at radius 2 is 2.06 bits per heavy atom. The van der Waals surface area contributed by atoms with E-state index in [9.17, 15) is 19.5 Å². The molecule has 2 amide bonds. The Morgan fingerprint density at radius 1 is 1.32 bits per heavy atom. The van der Waals surface area contributed by atoms with Gasteiger partial charge in [-0.05, 0) is 44.6 Å². The smallest absolute Gasteiger partial charge is 0.270 e. The van der Waals surface area contributed by atoms with Crippen LogP contribution in [0.2, 0.25) is 0 Å². The number of hydrogen-bond acceptors (Lipinski definition) is 5. The lowest BCUT2D eigenvalue weighted by Gasteiger charge is -2.19. The maximum Gasteiger partial charge on any atom is 0.270 e. The number of nitrogens with zero attached hydrogens (tertiary/aromatic N) is 4. The van der Waals surface area contributed by atoms with Gasteiger partial charge in [-0.1, -0.05) is 13.8 Å². The molecular weight excluding hydrogens is 398 g/mol. The lowest BCUT2D eigenvalue weighted by molar-refractivity contribution is -0.126. The van der Waals surface area contributed by atoms with Crippen LogP contribution in [0.5, 0.6) is 5.88 Å². The molecule has 3 heterocycles. The van der Waals surface area contributed by atoms with Crippen LogP contribution in [0.15, 0.2) is 17.1 Å². The minimum atomic E-state index is -0.588. The molecule has 9 nitrogen and oxygen atoms in total. The third-order valence-electron chi connectivity index (χ3n) is 5.84. The third kappa shape index (κ3) is 4.08. The third-order valence-corrected chi connectivity index (χ3v) is 5.84. The molecule has 2 fully saturated rings. The lowest BCUT2D eigenvalue weighted by Crippen LogP contribution is -2.36. The number of rotatable bonds is 6. The van der Waals surface area contributed by atoms with E-state index in [1.54, 1.807) is 6.08 Å². The molecule has 0 aromatic carbocycles. The predicted molar refractivity (Wildman–Crippen MR) is 116 cm³/mol. The average molecular weight is 428 g/mol. The van der Waals surface area contributed by atoms with Gasteiger partial charge >= 0.3 is 0 Å². The van der Waals surface area contributed by atoms with Crippen LogP contribution >= 0.6 is 0 Å². The number of aromatic hydroxyl groups is 1. The largest absolute Gasteiger partial charge is 0.492 e. The van der Waals surface area contributed by atoms with Gasteiger partial charge in [-0.25, -0.2) is 0 Å². The zero-order valence-corrected chi connectivity index (χ0v) is 18.2. The van der Waals surface area contributed by atoms with Gasteiger partial charge in [0.2, 0.25) is 11.8 Å². The van der Waals surface area contributed by atoms with Crippen LogP contribution in [0, 0.1) is 5.92 Å². The van der Waals surface area contributed by atoms with Gasteiger partial charge in [-0.3, -0.25) is 19.0 Å². The van der Waals surface area contributed by atoms with Crippen molar-refractivity contribution in [2.45, 2.75) is 65.1 Å². The molecule has 0 bridgehead atoms. The summed E-state index contributed by atoms with van der Waals surface area (Å²) >= 11 is 0. The molecule has 1 atom stereocenters. The second-order valence-electron chi connectivity index (χ2n) is 8.95. The SMILES string of the molecule is CC(C)Cn1c(=O)c(C(=O)NC2CC2)c(O)n2ncc(/C=C/C(=O)N3CCC[C@H]3C)c12. The fourth-order valence-electron chi connectivity index (χ4n) is 4.07. The van der Waals surface area contributed by atoms with Crippen LogP contribution in [0.1, 0.15) is 62.4 Å². The summed E-state index contributed by atoms with van der Waals surface area (Å²) in [6.45, 7) is 7.03. The van der Waals surface area contributed by atoms with E-state index in [1.807, 2.05) is 25.7 Å². The molecule has 4 rings (SSSR count). The standard InChI is InChI=1S/C22H29N5O4/c1-13(2)12-26-20-15(6-9-17(28)25-10-4-5-14(25)3)11-23-27(20)22(31)18(21(26)30)19(29)24-16-7-8-16/h6,9,11,13-14,16,31H,4-5,7-8,10,12H2,1-3H3,(H,24,29)/b9-6+/t14-/m1/s1. The van der Waals surface area contributed by atoms with E-state index in [4.69, 9.17) is 0 Å². The quantitative estimate of drug-likeness (QED) is 0.683. The Morgan fingerprint density at radius 3 is 2.68 bits per heavy atom. The monoisotopic (exact) mass is 427 g/mol. The van der Waals surface area contributed by atoms with Crippen molar-refractivity contribution in [3.05, 3.63) is 33.8 Å². The summed E-state index contributed by atoms with van der Waals surface area (Å²) in [6.07, 6.45) is 8.31. The molecule has 9 heteroatoms. The molecule has 31 heavy (non-hydrogen) atoms. The first kappa shape index (κ1) is 21.1. The first-order chi connectivity index (χ1) is 14.8. The van der Waals surface area contributed by atoms with Gasteiger partial charge < -0.3 is 15.3 Å². The molecule has 0 spiro atoms. The summed E-state index contributed by atoms with van der Waals surface area (Å²) in [5, 5.41) is 17.7. The van der Waals surface area contributed by atoms with Crippen LogP contribution in [0.25, 0.3) is 11.7 Å². The number of amides is 2. The van der Waals surface area contributed by atoms with Crippen molar-refractivity contribution in [3.63, 3.8) is 0 Å². The van der Waals surface area contributed by atoms with Gasteiger partial charge in [-0.2, -0.15) is 9.61 Å². The first-order valence-electron chi connectivity index (χ1n) is 10.9. The highest BCUT2D eigenvalue weighted by Crippen LogP contribution is 2.24. The van der Waals surface area contributed by atoms with Gasteiger partial charge in [0, 0.05) is 36.8 Å². The van der Waals surface area contributed by atoms with Crippen molar-refractivity contribution in [1.82, 2.24) is 24.4 Å². The second-order valence-corrected chi connectivity index (χ2v) is 8.95. The molecule has 2 aliphatic rings. The van der Waals surface area contributed by atoms with E-state index in [-0.39, 0.29) is 29.5 Å². The zero-order chi connectivity index (χ0) is 22.3. The van der Waals surface area contributed by atoms with E-state index in [0.717, 1.165) is 32.2 Å². The van der Waals surface area contributed by atoms with Crippen molar-refractivity contribution in [3.8, 4) is 5.88 Å². The van der Waals surface area contributed by atoms with Crippen LogP contribution in [-0.4, -0.2) is 54.6 Å². The second kappa shape index (κ2) is 8.20. The number of carbonyl (C=O) groups is 2. The fraction of sp³-hybridized carbons (Fsp3) is 0.545. The summed E-state index contributed by atoms with van der Waals surface area (Å²) in [7, 11) is 0. The van der Waals surface area contributed by atoms with Crippen molar-refractivity contribution in [1.29, 1.82) is 0 Å². The lowest BCUT2D eigenvalue weighted by atomic mass is 10.2. The summed E-state index contributed by atoms with van der Waals surface area (Å²) in [6, 6.07) is 0.257. The topological polar surface area (TPSA) is 109 Å². The summed E-state index contributed by atoms with van der Waals surface area (Å²) in [4.78, 5) is 40.3. The Labute approximate surface area is 180 Å². The number of aromatic nitrogens is 3. The maximum atomic E-state index is 13.2. The zero-order valence-electron chi connectivity index (χ0n) is 18.2. The maximum absolute atomic E-state index is 13.2. The molecular formula is C22H29N5O4. The Bertz CT molecular complexity index is 1110. The van der Waals surface area contributed by atoms with Crippen molar-refractivity contribution in [2.75, 3.05) is 6.54 Å². The summed E-state index contributed by atoms with van der Waals surface area (Å²) < 4.78 is 2.66. The van der Waals surface area contributed by atoms with Gasteiger partial charge in [0.15, 0.2) is 5.56 Å². The van der Waals surface area contributed by atoms with Gasteiger partial charge in [0.05, 0.1) is 6.20 Å². The van der Waals surface area contributed by atoms with Crippen LogP contribution in [0.3, 0.4) is 0 Å². The molecule has 2 aromatic rings. The van der Waals surface area contributed by atoms with E-state index in [1.165, 1.54) is 21.4 Å². The average Bonchev–Trinajstić information content (AvgIpc) is 3.24. The van der Waals surface area contributed by atoms with Crippen LogP contribution in [0.4, 0.5) is 0 Å². The van der Waals surface area contributed by atoms with Crippen LogP contribution in [-0.2, 0) is 11.3 Å². The van der Waals surface area contributed by atoms with Gasteiger partial charge in [-0.15, -0.1) is 0 Å². The highest BCUT2D eigenvalue weighted by Gasteiger charge is 2.30. The van der Waals surface area contributed by atoms with E-state index in [2.05, 4.69) is 10.4 Å². The predicted octanol–water partition coefficient (Wildman–Crippen LogP) is 1.77. The number of nitrogens with one attached hydrogen (secondary N) is 1. The molecule has 2 aromatic heterocycles. The van der Waals surface area contributed by atoms with Crippen molar-refractivity contribution >= 4 is 23.5 Å². The number of carbonyl (C=O) groups excluding carboxylic acids is 2. The molecule has 1 aliphatic carbocycles. The minimum Gasteiger partial charge on any atom is -0.492 e. The Kier molecular flexibility index (Phi) is 5.60. The molecule has 0 radical (unpaired) electrons. The molecule has 1 saturated heterocycles. The van der Waals surface area contributed by atoms with E-state index < -0.39 is 17.3 Å². The number of fused-ring (bicyclic) bond motifs is 1. The van der Waals surface area contributed by atoms with Gasteiger partial charge in [0.25, 0.3) is 11.5 Å². The summed E-state index contributed by atoms with van der Waals surface area (Å²) in [5.74, 6) is -1.05. The normalized spacial score (nSPS) is 19.1. The van der Waals surface area contributed by atoms with Gasteiger partial charge in [0.1, 0.15) is 5.65 Å². The Balaban J connectivity index is 1.77. The van der Waals surface area contributed by atoms with Crippen LogP contribution < -0.4 is 10.9 Å². The highest BCUT2D eigenvalue weighted by molar-refractivity contribution is 5.97. The molecule has 1 saturated carbocycles.